The normalized spacial score (nSPS) is 13.0. The second-order valence-electron chi connectivity index (χ2n) is 5.53. The molecule has 0 aromatic heterocycles. The first-order valence-electron chi connectivity index (χ1n) is 8.08. The van der Waals surface area contributed by atoms with E-state index in [4.69, 9.17) is 4.74 Å². The minimum absolute atomic E-state index is 0.0154. The fourth-order valence-electron chi connectivity index (χ4n) is 2.39. The highest BCUT2D eigenvalue weighted by Crippen LogP contribution is 2.26. The van der Waals surface area contributed by atoms with E-state index >= 15 is 0 Å². The van der Waals surface area contributed by atoms with Gasteiger partial charge in [0.05, 0.1) is 32.0 Å². The fraction of sp³-hybridized carbons (Fsp3) is 0.316. The number of esters is 2. The standard InChI is InChI=1S/C19H22O8/c1-3-13(10-20)14(15(11-21)19(25)26-2)9-18(24)27-7-6-12-4-5-16(22)17(23)8-12/h3-5,8,10-11,14,21-23H,6-7,9H2,1-2H3/b13-3+,15-11+. The summed E-state index contributed by atoms with van der Waals surface area (Å²) in [5.41, 5.74) is 0.529. The average Bonchev–Trinajstić information content (AvgIpc) is 2.65. The van der Waals surface area contributed by atoms with Crippen LogP contribution in [0.4, 0.5) is 0 Å². The van der Waals surface area contributed by atoms with Gasteiger partial charge in [0.2, 0.25) is 0 Å². The molecule has 0 fully saturated rings. The molecule has 0 spiro atoms. The monoisotopic (exact) mass is 378 g/mol. The number of aromatic hydroxyl groups is 2. The third-order valence-electron chi connectivity index (χ3n) is 3.87. The van der Waals surface area contributed by atoms with Crippen LogP contribution in [0.3, 0.4) is 0 Å². The van der Waals surface area contributed by atoms with Gasteiger partial charge in [0.15, 0.2) is 11.5 Å². The quantitative estimate of drug-likeness (QED) is 0.195. The van der Waals surface area contributed by atoms with Gasteiger partial charge < -0.3 is 24.8 Å². The zero-order valence-electron chi connectivity index (χ0n) is 15.0. The van der Waals surface area contributed by atoms with Crippen molar-refractivity contribution in [1.29, 1.82) is 0 Å². The summed E-state index contributed by atoms with van der Waals surface area (Å²) >= 11 is 0. The molecule has 8 nitrogen and oxygen atoms in total. The molecule has 0 bridgehead atoms. The number of carbonyl (C=O) groups excluding carboxylic acids is 3. The number of aldehydes is 1. The van der Waals surface area contributed by atoms with E-state index in [0.717, 1.165) is 7.11 Å². The van der Waals surface area contributed by atoms with Crippen LogP contribution >= 0.6 is 0 Å². The van der Waals surface area contributed by atoms with Crippen LogP contribution in [-0.4, -0.2) is 47.3 Å². The molecule has 1 aromatic rings. The Hall–Kier alpha value is -3.29. The van der Waals surface area contributed by atoms with Crippen LogP contribution < -0.4 is 0 Å². The number of benzene rings is 1. The van der Waals surface area contributed by atoms with E-state index in [9.17, 15) is 29.7 Å². The first kappa shape index (κ1) is 21.8. The van der Waals surface area contributed by atoms with Gasteiger partial charge in [0.25, 0.3) is 0 Å². The second kappa shape index (κ2) is 10.6. The molecule has 0 saturated heterocycles. The lowest BCUT2D eigenvalue weighted by Crippen LogP contribution is -2.22. The summed E-state index contributed by atoms with van der Waals surface area (Å²) in [6.45, 7) is 1.55. The van der Waals surface area contributed by atoms with Crippen LogP contribution in [-0.2, 0) is 30.3 Å². The Labute approximate surface area is 156 Å². The van der Waals surface area contributed by atoms with Crippen molar-refractivity contribution in [2.45, 2.75) is 19.8 Å². The van der Waals surface area contributed by atoms with Crippen LogP contribution in [0.2, 0.25) is 0 Å². The maximum absolute atomic E-state index is 12.1. The molecule has 0 radical (unpaired) electrons. The van der Waals surface area contributed by atoms with E-state index < -0.39 is 17.9 Å². The highest BCUT2D eigenvalue weighted by atomic mass is 16.5. The van der Waals surface area contributed by atoms with E-state index in [-0.39, 0.29) is 42.1 Å². The molecule has 0 heterocycles. The molecular formula is C19H22O8. The van der Waals surface area contributed by atoms with E-state index in [1.807, 2.05) is 0 Å². The van der Waals surface area contributed by atoms with Crippen LogP contribution in [0, 0.1) is 5.92 Å². The first-order valence-corrected chi connectivity index (χ1v) is 8.08. The number of aliphatic hydroxyl groups excluding tert-OH is 1. The topological polar surface area (TPSA) is 130 Å². The number of ether oxygens (including phenoxy) is 2. The number of hydrogen-bond donors (Lipinski definition) is 3. The summed E-state index contributed by atoms with van der Waals surface area (Å²) in [5.74, 6) is -3.09. The van der Waals surface area contributed by atoms with Gasteiger partial charge in [0, 0.05) is 12.3 Å². The van der Waals surface area contributed by atoms with Crippen molar-refractivity contribution in [2.75, 3.05) is 13.7 Å². The zero-order valence-corrected chi connectivity index (χ0v) is 15.0. The highest BCUT2D eigenvalue weighted by molar-refractivity contribution is 5.93. The Balaban J connectivity index is 2.77. The molecule has 0 amide bonds. The van der Waals surface area contributed by atoms with E-state index in [0.29, 0.717) is 18.1 Å². The minimum atomic E-state index is -1.00. The highest BCUT2D eigenvalue weighted by Gasteiger charge is 2.28. The Morgan fingerprint density at radius 1 is 1.22 bits per heavy atom. The third-order valence-corrected chi connectivity index (χ3v) is 3.87. The number of phenols is 2. The van der Waals surface area contributed by atoms with E-state index in [1.54, 1.807) is 13.0 Å². The van der Waals surface area contributed by atoms with Gasteiger partial charge in [-0.15, -0.1) is 0 Å². The Morgan fingerprint density at radius 3 is 2.44 bits per heavy atom. The van der Waals surface area contributed by atoms with E-state index in [1.165, 1.54) is 18.2 Å². The minimum Gasteiger partial charge on any atom is -0.515 e. The van der Waals surface area contributed by atoms with Crippen LogP contribution in [0.1, 0.15) is 18.9 Å². The maximum Gasteiger partial charge on any atom is 0.337 e. The summed E-state index contributed by atoms with van der Waals surface area (Å²) in [7, 11) is 1.12. The lowest BCUT2D eigenvalue weighted by atomic mass is 9.89. The van der Waals surface area contributed by atoms with Gasteiger partial charge in [-0.25, -0.2) is 4.79 Å². The Kier molecular flexibility index (Phi) is 8.58. The number of hydrogen-bond acceptors (Lipinski definition) is 8. The van der Waals surface area contributed by atoms with Gasteiger partial charge in [-0.2, -0.15) is 0 Å². The summed E-state index contributed by atoms with van der Waals surface area (Å²) in [4.78, 5) is 35.1. The second-order valence-corrected chi connectivity index (χ2v) is 5.53. The summed E-state index contributed by atoms with van der Waals surface area (Å²) in [5, 5.41) is 28.0. The molecule has 3 N–H and O–H groups in total. The third kappa shape index (κ3) is 6.18. The predicted molar refractivity (Wildman–Crippen MR) is 95.1 cm³/mol. The van der Waals surface area contributed by atoms with Crippen molar-refractivity contribution in [3.8, 4) is 11.5 Å². The fourth-order valence-corrected chi connectivity index (χ4v) is 2.39. The molecule has 27 heavy (non-hydrogen) atoms. The summed E-state index contributed by atoms with van der Waals surface area (Å²) < 4.78 is 9.66. The lowest BCUT2D eigenvalue weighted by molar-refractivity contribution is -0.144. The molecule has 0 aliphatic heterocycles. The predicted octanol–water partition coefficient (Wildman–Crippen LogP) is 1.95. The number of carbonyl (C=O) groups is 3. The number of allylic oxidation sites excluding steroid dienone is 2. The van der Waals surface area contributed by atoms with Gasteiger partial charge >= 0.3 is 11.9 Å². The largest absolute Gasteiger partial charge is 0.515 e. The summed E-state index contributed by atoms with van der Waals surface area (Å²) in [6, 6.07) is 4.24. The molecular weight excluding hydrogens is 356 g/mol. The molecule has 146 valence electrons. The molecule has 1 aromatic carbocycles. The molecule has 8 heteroatoms. The number of methoxy groups -OCH3 is 1. The molecule has 0 aliphatic carbocycles. The van der Waals surface area contributed by atoms with Crippen LogP contribution in [0.5, 0.6) is 11.5 Å². The Bertz CT molecular complexity index is 748. The maximum atomic E-state index is 12.1. The molecule has 1 unspecified atom stereocenters. The van der Waals surface area contributed by atoms with Crippen molar-refractivity contribution < 1.29 is 39.2 Å². The van der Waals surface area contributed by atoms with Crippen LogP contribution in [0.15, 0.2) is 41.7 Å². The number of aliphatic hydroxyl groups is 1. The number of phenolic OH excluding ortho intramolecular Hbond substituents is 2. The molecule has 1 atom stereocenters. The summed E-state index contributed by atoms with van der Waals surface area (Å²) in [6.07, 6.45) is 2.37. The lowest BCUT2D eigenvalue weighted by Gasteiger charge is -2.17. The first-order chi connectivity index (χ1) is 12.9. The molecule has 0 aliphatic rings. The average molecular weight is 378 g/mol. The van der Waals surface area contributed by atoms with Gasteiger partial charge in [-0.05, 0) is 30.2 Å². The smallest absolute Gasteiger partial charge is 0.337 e. The van der Waals surface area contributed by atoms with E-state index in [2.05, 4.69) is 4.74 Å². The van der Waals surface area contributed by atoms with Crippen LogP contribution in [0.25, 0.3) is 0 Å². The SMILES string of the molecule is C/C=C(\C=O)C(CC(=O)OCCc1ccc(O)c(O)c1)/C(=C\O)C(=O)OC. The van der Waals surface area contributed by atoms with Crippen molar-refractivity contribution in [3.63, 3.8) is 0 Å². The van der Waals surface area contributed by atoms with Gasteiger partial charge in [-0.1, -0.05) is 12.1 Å². The van der Waals surface area contributed by atoms with Crippen molar-refractivity contribution in [2.24, 2.45) is 5.92 Å². The van der Waals surface area contributed by atoms with Crippen molar-refractivity contribution >= 4 is 18.2 Å². The zero-order chi connectivity index (χ0) is 20.4. The van der Waals surface area contributed by atoms with Gasteiger partial charge in [-0.3, -0.25) is 9.59 Å². The van der Waals surface area contributed by atoms with Gasteiger partial charge in [0.1, 0.15) is 6.29 Å². The van der Waals surface area contributed by atoms with Crippen molar-refractivity contribution in [3.05, 3.63) is 47.2 Å². The van der Waals surface area contributed by atoms with Crippen molar-refractivity contribution in [1.82, 2.24) is 0 Å². The Morgan fingerprint density at radius 2 is 1.93 bits per heavy atom. The number of rotatable bonds is 9. The molecule has 1 rings (SSSR count). The molecule has 0 saturated carbocycles.